The van der Waals surface area contributed by atoms with Crippen molar-refractivity contribution in [1.82, 2.24) is 9.80 Å². The maximum atomic E-state index is 12.6. The van der Waals surface area contributed by atoms with E-state index < -0.39 is 17.6 Å². The lowest BCUT2D eigenvalue weighted by Gasteiger charge is -2.39. The van der Waals surface area contributed by atoms with Crippen LogP contribution in [0.25, 0.3) is 0 Å². The van der Waals surface area contributed by atoms with Gasteiger partial charge in [-0.05, 0) is 33.2 Å². The molecule has 1 heterocycles. The number of hydrogen-bond acceptors (Lipinski definition) is 4. The number of carboxylic acids is 1. The van der Waals surface area contributed by atoms with Crippen molar-refractivity contribution in [1.29, 1.82) is 0 Å². The molecule has 0 aromatic heterocycles. The number of likely N-dealkylation sites (N-methyl/N-ethyl adjacent to an activating group) is 1. The summed E-state index contributed by atoms with van der Waals surface area (Å²) in [6.45, 7) is 7.00. The van der Waals surface area contributed by atoms with E-state index in [1.165, 1.54) is 4.90 Å². The number of rotatable bonds is 6. The van der Waals surface area contributed by atoms with E-state index in [0.29, 0.717) is 26.1 Å². The van der Waals surface area contributed by atoms with E-state index in [2.05, 4.69) is 0 Å². The third-order valence-corrected chi connectivity index (χ3v) is 3.86. The second-order valence-electron chi connectivity index (χ2n) is 5.36. The normalized spacial score (nSPS) is 20.1. The Balaban J connectivity index is 2.87. The molecule has 6 heteroatoms. The number of carboxylic acid groups (broad SMARTS) is 1. The fourth-order valence-electron chi connectivity index (χ4n) is 2.71. The Morgan fingerprint density at radius 3 is 2.53 bits per heavy atom. The summed E-state index contributed by atoms with van der Waals surface area (Å²) in [4.78, 5) is 27.1. The third-order valence-electron chi connectivity index (χ3n) is 3.86. The van der Waals surface area contributed by atoms with E-state index >= 15 is 0 Å². The number of aliphatic carboxylic acids is 1. The molecule has 1 atom stereocenters. The molecule has 19 heavy (non-hydrogen) atoms. The summed E-state index contributed by atoms with van der Waals surface area (Å²) in [5.41, 5.74) is -0.796. The van der Waals surface area contributed by atoms with Crippen LogP contribution >= 0.6 is 0 Å². The van der Waals surface area contributed by atoms with Crippen molar-refractivity contribution < 1.29 is 19.8 Å². The molecule has 1 unspecified atom stereocenters. The molecule has 1 saturated heterocycles. The first kappa shape index (κ1) is 15.9. The molecule has 2 N–H and O–H groups in total. The zero-order valence-electron chi connectivity index (χ0n) is 11.9. The Labute approximate surface area is 114 Å². The summed E-state index contributed by atoms with van der Waals surface area (Å²) >= 11 is 0. The molecule has 0 radical (unpaired) electrons. The first-order chi connectivity index (χ1) is 8.86. The van der Waals surface area contributed by atoms with Gasteiger partial charge < -0.3 is 15.1 Å². The summed E-state index contributed by atoms with van der Waals surface area (Å²) in [5.74, 6) is -1.11. The van der Waals surface area contributed by atoms with Crippen LogP contribution in [-0.2, 0) is 9.59 Å². The number of β-amino-alcohol motifs (C(OH)–C–C–N with tert-alkyl or cyclic N) is 1. The standard InChI is InChI=1S/C13H24N2O4/c1-4-14(8-9-16)13(2,3)12(19)15-7-5-6-10(15)11(17)18/h10,16H,4-9H2,1-3H3,(H,17,18). The van der Waals surface area contributed by atoms with Gasteiger partial charge in [-0.15, -0.1) is 0 Å². The monoisotopic (exact) mass is 272 g/mol. The Morgan fingerprint density at radius 1 is 1.42 bits per heavy atom. The van der Waals surface area contributed by atoms with Crippen LogP contribution in [-0.4, -0.2) is 69.7 Å². The summed E-state index contributed by atoms with van der Waals surface area (Å²) < 4.78 is 0. The first-order valence-corrected chi connectivity index (χ1v) is 6.76. The predicted octanol–water partition coefficient (Wildman–Crippen LogP) is 0.155. The second-order valence-corrected chi connectivity index (χ2v) is 5.36. The summed E-state index contributed by atoms with van der Waals surface area (Å²) in [6, 6.07) is -0.709. The van der Waals surface area contributed by atoms with E-state index in [1.54, 1.807) is 13.8 Å². The number of amides is 1. The molecule has 0 aliphatic carbocycles. The molecule has 1 aliphatic heterocycles. The molecule has 1 amide bonds. The summed E-state index contributed by atoms with van der Waals surface area (Å²) in [6.07, 6.45) is 1.24. The third kappa shape index (κ3) is 3.25. The lowest BCUT2D eigenvalue weighted by Crippen LogP contribution is -2.58. The van der Waals surface area contributed by atoms with Gasteiger partial charge in [0.2, 0.25) is 5.91 Å². The molecule has 0 spiro atoms. The maximum absolute atomic E-state index is 12.6. The Morgan fingerprint density at radius 2 is 2.05 bits per heavy atom. The number of hydrogen-bond donors (Lipinski definition) is 2. The van der Waals surface area contributed by atoms with Gasteiger partial charge in [-0.1, -0.05) is 6.92 Å². The van der Waals surface area contributed by atoms with E-state index in [0.717, 1.165) is 6.42 Å². The number of aliphatic hydroxyl groups is 1. The van der Waals surface area contributed by atoms with Gasteiger partial charge >= 0.3 is 5.97 Å². The summed E-state index contributed by atoms with van der Waals surface area (Å²) in [7, 11) is 0. The largest absolute Gasteiger partial charge is 0.480 e. The minimum atomic E-state index is -0.938. The van der Waals surface area contributed by atoms with Crippen LogP contribution in [0.4, 0.5) is 0 Å². The highest BCUT2D eigenvalue weighted by molar-refractivity contribution is 5.90. The molecular weight excluding hydrogens is 248 g/mol. The van der Waals surface area contributed by atoms with Crippen LogP contribution in [0.5, 0.6) is 0 Å². The van der Waals surface area contributed by atoms with Crippen LogP contribution in [0.2, 0.25) is 0 Å². The quantitative estimate of drug-likeness (QED) is 0.719. The maximum Gasteiger partial charge on any atom is 0.326 e. The molecule has 1 aliphatic rings. The van der Waals surface area contributed by atoms with E-state index in [1.807, 2.05) is 11.8 Å². The van der Waals surface area contributed by atoms with Crippen molar-refractivity contribution >= 4 is 11.9 Å². The number of carbonyl (C=O) groups excluding carboxylic acids is 1. The number of aliphatic hydroxyl groups excluding tert-OH is 1. The zero-order chi connectivity index (χ0) is 14.6. The Kier molecular flexibility index (Phi) is 5.31. The van der Waals surface area contributed by atoms with Crippen molar-refractivity contribution in [2.45, 2.75) is 45.2 Å². The molecule has 1 fully saturated rings. The highest BCUT2D eigenvalue weighted by Gasteiger charge is 2.42. The minimum absolute atomic E-state index is 0.0209. The number of carbonyl (C=O) groups is 2. The SMILES string of the molecule is CCN(CCO)C(C)(C)C(=O)N1CCCC1C(=O)O. The van der Waals surface area contributed by atoms with Crippen LogP contribution in [0.15, 0.2) is 0 Å². The van der Waals surface area contributed by atoms with Gasteiger partial charge in [0.25, 0.3) is 0 Å². The van der Waals surface area contributed by atoms with Crippen molar-refractivity contribution in [3.8, 4) is 0 Å². The number of nitrogens with zero attached hydrogens (tertiary/aromatic N) is 2. The van der Waals surface area contributed by atoms with Crippen molar-refractivity contribution in [3.63, 3.8) is 0 Å². The minimum Gasteiger partial charge on any atom is -0.480 e. The van der Waals surface area contributed by atoms with Crippen LogP contribution in [0, 0.1) is 0 Å². The molecular formula is C13H24N2O4. The molecule has 0 aromatic carbocycles. The zero-order valence-corrected chi connectivity index (χ0v) is 11.9. The fourth-order valence-corrected chi connectivity index (χ4v) is 2.71. The van der Waals surface area contributed by atoms with Crippen LogP contribution in [0.3, 0.4) is 0 Å². The Bertz CT molecular complexity index is 344. The van der Waals surface area contributed by atoms with Gasteiger partial charge in [0.1, 0.15) is 6.04 Å². The second kappa shape index (κ2) is 6.34. The topological polar surface area (TPSA) is 81.1 Å². The van der Waals surface area contributed by atoms with Gasteiger partial charge in [0, 0.05) is 13.1 Å². The van der Waals surface area contributed by atoms with Gasteiger partial charge in [0.05, 0.1) is 12.1 Å². The van der Waals surface area contributed by atoms with Crippen molar-refractivity contribution in [2.75, 3.05) is 26.2 Å². The van der Waals surface area contributed by atoms with Crippen LogP contribution < -0.4 is 0 Å². The van der Waals surface area contributed by atoms with Gasteiger partial charge in [-0.25, -0.2) is 4.79 Å². The lowest BCUT2D eigenvalue weighted by molar-refractivity contribution is -0.153. The Hall–Kier alpha value is -1.14. The lowest BCUT2D eigenvalue weighted by atomic mass is 9.99. The van der Waals surface area contributed by atoms with Crippen molar-refractivity contribution in [3.05, 3.63) is 0 Å². The van der Waals surface area contributed by atoms with Gasteiger partial charge in [-0.3, -0.25) is 9.69 Å². The molecule has 1 rings (SSSR count). The van der Waals surface area contributed by atoms with E-state index in [-0.39, 0.29) is 12.5 Å². The first-order valence-electron chi connectivity index (χ1n) is 6.76. The van der Waals surface area contributed by atoms with Crippen molar-refractivity contribution in [2.24, 2.45) is 0 Å². The fraction of sp³-hybridized carbons (Fsp3) is 0.846. The molecule has 6 nitrogen and oxygen atoms in total. The van der Waals surface area contributed by atoms with Gasteiger partial charge in [-0.2, -0.15) is 0 Å². The summed E-state index contributed by atoms with van der Waals surface area (Å²) in [5, 5.41) is 18.2. The predicted molar refractivity (Wildman–Crippen MR) is 70.8 cm³/mol. The molecule has 0 saturated carbocycles. The smallest absolute Gasteiger partial charge is 0.326 e. The average molecular weight is 272 g/mol. The highest BCUT2D eigenvalue weighted by atomic mass is 16.4. The molecule has 0 aromatic rings. The van der Waals surface area contributed by atoms with Crippen LogP contribution in [0.1, 0.15) is 33.6 Å². The molecule has 110 valence electrons. The van der Waals surface area contributed by atoms with E-state index in [9.17, 15) is 9.59 Å². The average Bonchev–Trinajstić information content (AvgIpc) is 2.83. The van der Waals surface area contributed by atoms with Gasteiger partial charge in [0.15, 0.2) is 0 Å². The highest BCUT2D eigenvalue weighted by Crippen LogP contribution is 2.24. The molecule has 0 bridgehead atoms. The number of likely N-dealkylation sites (tertiary alicyclic amines) is 1. The van der Waals surface area contributed by atoms with E-state index in [4.69, 9.17) is 10.2 Å².